The van der Waals surface area contributed by atoms with Gasteiger partial charge in [-0.15, -0.1) is 0 Å². The highest BCUT2D eigenvalue weighted by molar-refractivity contribution is 5.53. The zero-order valence-corrected chi connectivity index (χ0v) is 8.95. The van der Waals surface area contributed by atoms with E-state index >= 15 is 0 Å². The van der Waals surface area contributed by atoms with E-state index in [0.29, 0.717) is 0 Å². The minimum atomic E-state index is 0.733. The number of hydrogen-bond acceptors (Lipinski definition) is 4. The first kappa shape index (κ1) is 10.2. The Morgan fingerprint density at radius 1 is 1.20 bits per heavy atom. The van der Waals surface area contributed by atoms with Crippen molar-refractivity contribution < 1.29 is 0 Å². The smallest absolute Gasteiger partial charge is 0.141 e. The Balaban J connectivity index is 2.12. The molecular formula is C11H18N4. The van der Waals surface area contributed by atoms with Crippen molar-refractivity contribution in [3.8, 4) is 0 Å². The molecule has 0 amide bonds. The Bertz CT molecular complexity index is 305. The number of anilines is 2. The lowest BCUT2D eigenvalue weighted by Crippen LogP contribution is -2.24. The SMILES string of the molecule is NNc1cc(N2CCCCCC2)ccn1. The lowest BCUT2D eigenvalue weighted by Gasteiger charge is -2.22. The molecule has 1 aliphatic rings. The molecule has 1 fully saturated rings. The Hall–Kier alpha value is -1.29. The van der Waals surface area contributed by atoms with E-state index in [-0.39, 0.29) is 0 Å². The summed E-state index contributed by atoms with van der Waals surface area (Å²) in [6, 6.07) is 4.05. The number of aromatic nitrogens is 1. The van der Waals surface area contributed by atoms with Crippen molar-refractivity contribution in [3.05, 3.63) is 18.3 Å². The second-order valence-electron chi connectivity index (χ2n) is 3.94. The van der Waals surface area contributed by atoms with Gasteiger partial charge in [0.15, 0.2) is 0 Å². The predicted octanol–water partition coefficient (Wildman–Crippen LogP) is 1.75. The molecule has 0 radical (unpaired) electrons. The third kappa shape index (κ3) is 2.59. The molecule has 2 heterocycles. The molecule has 15 heavy (non-hydrogen) atoms. The van der Waals surface area contributed by atoms with Gasteiger partial charge in [-0.1, -0.05) is 12.8 Å². The molecule has 0 saturated carbocycles. The van der Waals surface area contributed by atoms with Crippen molar-refractivity contribution in [2.75, 3.05) is 23.4 Å². The zero-order valence-electron chi connectivity index (χ0n) is 8.95. The van der Waals surface area contributed by atoms with Crippen LogP contribution in [0.1, 0.15) is 25.7 Å². The Morgan fingerprint density at radius 2 is 1.93 bits per heavy atom. The number of pyridine rings is 1. The zero-order chi connectivity index (χ0) is 10.5. The van der Waals surface area contributed by atoms with Crippen LogP contribution >= 0.6 is 0 Å². The van der Waals surface area contributed by atoms with Gasteiger partial charge in [-0.2, -0.15) is 0 Å². The van der Waals surface area contributed by atoms with Crippen LogP contribution in [0.25, 0.3) is 0 Å². The highest BCUT2D eigenvalue weighted by atomic mass is 15.2. The third-order valence-corrected chi connectivity index (χ3v) is 2.86. The molecule has 3 N–H and O–H groups in total. The van der Waals surface area contributed by atoms with Gasteiger partial charge in [0.05, 0.1) is 0 Å². The van der Waals surface area contributed by atoms with Crippen LogP contribution in [0.15, 0.2) is 18.3 Å². The van der Waals surface area contributed by atoms with E-state index < -0.39 is 0 Å². The molecular weight excluding hydrogens is 188 g/mol. The van der Waals surface area contributed by atoms with Crippen LogP contribution in [-0.4, -0.2) is 18.1 Å². The highest BCUT2D eigenvalue weighted by Gasteiger charge is 2.09. The molecule has 82 valence electrons. The molecule has 1 aliphatic heterocycles. The number of rotatable bonds is 2. The lowest BCUT2D eigenvalue weighted by molar-refractivity contribution is 0.726. The molecule has 1 saturated heterocycles. The molecule has 0 aliphatic carbocycles. The summed E-state index contributed by atoms with van der Waals surface area (Å²) in [4.78, 5) is 6.53. The average Bonchev–Trinajstić information content (AvgIpc) is 2.58. The van der Waals surface area contributed by atoms with Crippen LogP contribution < -0.4 is 16.2 Å². The van der Waals surface area contributed by atoms with Gasteiger partial charge in [0, 0.05) is 31.0 Å². The van der Waals surface area contributed by atoms with Gasteiger partial charge < -0.3 is 10.3 Å². The first-order valence-corrected chi connectivity index (χ1v) is 5.58. The predicted molar refractivity (Wildman–Crippen MR) is 62.7 cm³/mol. The second kappa shape index (κ2) is 4.98. The van der Waals surface area contributed by atoms with E-state index in [2.05, 4.69) is 15.3 Å². The summed E-state index contributed by atoms with van der Waals surface area (Å²) in [7, 11) is 0. The molecule has 0 aromatic carbocycles. The van der Waals surface area contributed by atoms with Crippen molar-refractivity contribution >= 4 is 11.5 Å². The molecule has 2 rings (SSSR count). The quantitative estimate of drug-likeness (QED) is 0.572. The maximum atomic E-state index is 5.35. The fourth-order valence-corrected chi connectivity index (χ4v) is 2.02. The Morgan fingerprint density at radius 3 is 2.60 bits per heavy atom. The number of hydrazine groups is 1. The van der Waals surface area contributed by atoms with Crippen LogP contribution in [-0.2, 0) is 0 Å². The first-order chi connectivity index (χ1) is 7.40. The van der Waals surface area contributed by atoms with Crippen LogP contribution in [0, 0.1) is 0 Å². The van der Waals surface area contributed by atoms with Crippen molar-refractivity contribution in [3.63, 3.8) is 0 Å². The standard InChI is InChI=1S/C11H18N4/c12-14-11-9-10(5-6-13-11)15-7-3-1-2-4-8-15/h5-6,9H,1-4,7-8,12H2,(H,13,14). The monoisotopic (exact) mass is 206 g/mol. The molecule has 0 spiro atoms. The summed E-state index contributed by atoms with van der Waals surface area (Å²) < 4.78 is 0. The molecule has 0 unspecified atom stereocenters. The van der Waals surface area contributed by atoms with E-state index in [1.54, 1.807) is 6.20 Å². The Kier molecular flexibility index (Phi) is 3.40. The van der Waals surface area contributed by atoms with E-state index in [9.17, 15) is 0 Å². The molecule has 1 aromatic heterocycles. The van der Waals surface area contributed by atoms with Gasteiger partial charge in [-0.3, -0.25) is 0 Å². The largest absolute Gasteiger partial charge is 0.371 e. The number of nitrogen functional groups attached to an aromatic ring is 1. The first-order valence-electron chi connectivity index (χ1n) is 5.58. The topological polar surface area (TPSA) is 54.2 Å². The van der Waals surface area contributed by atoms with E-state index in [4.69, 9.17) is 5.84 Å². The van der Waals surface area contributed by atoms with Gasteiger partial charge in [0.25, 0.3) is 0 Å². The van der Waals surface area contributed by atoms with E-state index in [0.717, 1.165) is 18.9 Å². The van der Waals surface area contributed by atoms with Crippen LogP contribution in [0.5, 0.6) is 0 Å². The van der Waals surface area contributed by atoms with Gasteiger partial charge in [-0.25, -0.2) is 10.8 Å². The summed E-state index contributed by atoms with van der Waals surface area (Å²) in [5, 5.41) is 0. The van der Waals surface area contributed by atoms with Crippen LogP contribution in [0.3, 0.4) is 0 Å². The van der Waals surface area contributed by atoms with E-state index in [1.807, 2.05) is 12.1 Å². The van der Waals surface area contributed by atoms with Crippen molar-refractivity contribution in [1.82, 2.24) is 4.98 Å². The number of nitrogens with one attached hydrogen (secondary N) is 1. The van der Waals surface area contributed by atoms with Gasteiger partial charge in [-0.05, 0) is 18.9 Å². The van der Waals surface area contributed by atoms with Crippen molar-refractivity contribution in [2.24, 2.45) is 5.84 Å². The fourth-order valence-electron chi connectivity index (χ4n) is 2.02. The van der Waals surface area contributed by atoms with Crippen LogP contribution in [0.2, 0.25) is 0 Å². The summed E-state index contributed by atoms with van der Waals surface area (Å²) in [5.41, 5.74) is 3.81. The van der Waals surface area contributed by atoms with Crippen molar-refractivity contribution in [1.29, 1.82) is 0 Å². The summed E-state index contributed by atoms with van der Waals surface area (Å²) in [6.07, 6.45) is 7.07. The minimum absolute atomic E-state index is 0.733. The van der Waals surface area contributed by atoms with Crippen molar-refractivity contribution in [2.45, 2.75) is 25.7 Å². The summed E-state index contributed by atoms with van der Waals surface area (Å²) in [5.74, 6) is 6.08. The van der Waals surface area contributed by atoms with Crippen LogP contribution in [0.4, 0.5) is 11.5 Å². The molecule has 1 aromatic rings. The van der Waals surface area contributed by atoms with Gasteiger partial charge in [0.2, 0.25) is 0 Å². The lowest BCUT2D eigenvalue weighted by atomic mass is 10.2. The molecule has 4 heteroatoms. The minimum Gasteiger partial charge on any atom is -0.371 e. The average molecular weight is 206 g/mol. The van der Waals surface area contributed by atoms with Gasteiger partial charge >= 0.3 is 0 Å². The maximum absolute atomic E-state index is 5.35. The molecule has 4 nitrogen and oxygen atoms in total. The fraction of sp³-hybridized carbons (Fsp3) is 0.545. The summed E-state index contributed by atoms with van der Waals surface area (Å²) >= 11 is 0. The van der Waals surface area contributed by atoms with Gasteiger partial charge in [0.1, 0.15) is 5.82 Å². The molecule has 0 atom stereocenters. The maximum Gasteiger partial charge on any atom is 0.141 e. The number of hydrogen-bond donors (Lipinski definition) is 2. The second-order valence-corrected chi connectivity index (χ2v) is 3.94. The number of nitrogens with two attached hydrogens (primary N) is 1. The highest BCUT2D eigenvalue weighted by Crippen LogP contribution is 2.20. The summed E-state index contributed by atoms with van der Waals surface area (Å²) in [6.45, 7) is 2.29. The Labute approximate surface area is 90.5 Å². The number of nitrogens with zero attached hydrogens (tertiary/aromatic N) is 2. The van der Waals surface area contributed by atoms with E-state index in [1.165, 1.54) is 31.4 Å². The third-order valence-electron chi connectivity index (χ3n) is 2.86. The molecule has 0 bridgehead atoms. The normalized spacial score (nSPS) is 17.3.